The Bertz CT molecular complexity index is 559. The van der Waals surface area contributed by atoms with E-state index < -0.39 is 0 Å². The highest BCUT2D eigenvalue weighted by Crippen LogP contribution is 2.11. The third-order valence-corrected chi connectivity index (χ3v) is 2.73. The van der Waals surface area contributed by atoms with Crippen molar-refractivity contribution in [1.82, 2.24) is 0 Å². The maximum Gasteiger partial charge on any atom is 0.0243 e. The molecule has 0 unspecified atom stereocenters. The van der Waals surface area contributed by atoms with Gasteiger partial charge in [0.15, 0.2) is 0 Å². The van der Waals surface area contributed by atoms with Crippen molar-refractivity contribution in [3.63, 3.8) is 0 Å². The van der Waals surface area contributed by atoms with Crippen LogP contribution in [0.1, 0.15) is 20.8 Å². The van der Waals surface area contributed by atoms with Gasteiger partial charge in [0.1, 0.15) is 0 Å². The van der Waals surface area contributed by atoms with E-state index in [0.717, 1.165) is 22.3 Å². The van der Waals surface area contributed by atoms with Crippen LogP contribution in [0.4, 0.5) is 0 Å². The molecule has 0 saturated carbocycles. The molecule has 0 aromatic heterocycles. The summed E-state index contributed by atoms with van der Waals surface area (Å²) in [5, 5.41) is 0. The Morgan fingerprint density at radius 2 is 1.25 bits per heavy atom. The third kappa shape index (κ3) is 14.2. The van der Waals surface area contributed by atoms with Crippen LogP contribution in [0.3, 0.4) is 0 Å². The first-order valence-electron chi connectivity index (χ1n) is 7.63. The van der Waals surface area contributed by atoms with Gasteiger partial charge in [0, 0.05) is 11.4 Å². The van der Waals surface area contributed by atoms with Crippen LogP contribution in [0.5, 0.6) is 0 Å². The Labute approximate surface area is 148 Å². The van der Waals surface area contributed by atoms with Gasteiger partial charge in [0.2, 0.25) is 0 Å². The van der Waals surface area contributed by atoms with E-state index in [9.17, 15) is 0 Å². The molecule has 2 nitrogen and oxygen atoms in total. The molecule has 0 aliphatic heterocycles. The summed E-state index contributed by atoms with van der Waals surface area (Å²) in [4.78, 5) is 0. The highest BCUT2D eigenvalue weighted by Gasteiger charge is 1.96. The molecule has 0 aromatic rings. The number of allylic oxidation sites excluding steroid dienone is 10. The average molecular weight is 325 g/mol. The predicted octanol–water partition coefficient (Wildman–Crippen LogP) is 5.49. The van der Waals surface area contributed by atoms with Crippen LogP contribution in [0.15, 0.2) is 110 Å². The number of rotatable bonds is 8. The highest BCUT2D eigenvalue weighted by molar-refractivity contribution is 5.45. The van der Waals surface area contributed by atoms with Crippen molar-refractivity contribution in [2.24, 2.45) is 17.4 Å². The molecular formula is C22H32N2. The molecule has 4 N–H and O–H groups in total. The highest BCUT2D eigenvalue weighted by atomic mass is 14.5. The van der Waals surface area contributed by atoms with Crippen molar-refractivity contribution in [2.75, 3.05) is 0 Å². The molecule has 0 amide bonds. The van der Waals surface area contributed by atoms with Crippen LogP contribution in [0, 0.1) is 5.92 Å². The zero-order chi connectivity index (χ0) is 19.3. The fourth-order valence-corrected chi connectivity index (χ4v) is 1.34. The molecule has 0 aliphatic carbocycles. The third-order valence-electron chi connectivity index (χ3n) is 2.73. The minimum Gasteiger partial charge on any atom is -0.399 e. The van der Waals surface area contributed by atoms with E-state index in [1.165, 1.54) is 0 Å². The Kier molecular flexibility index (Phi) is 12.5. The van der Waals surface area contributed by atoms with Crippen molar-refractivity contribution in [3.8, 4) is 0 Å². The minimum atomic E-state index is 0.470. The lowest BCUT2D eigenvalue weighted by molar-refractivity contribution is 0.791. The summed E-state index contributed by atoms with van der Waals surface area (Å²) in [7, 11) is 0. The maximum atomic E-state index is 5.39. The van der Waals surface area contributed by atoms with Crippen LogP contribution in [-0.4, -0.2) is 0 Å². The first kappa shape index (κ1) is 23.5. The molecule has 0 aliphatic rings. The van der Waals surface area contributed by atoms with Gasteiger partial charge in [-0.2, -0.15) is 0 Å². The molecule has 24 heavy (non-hydrogen) atoms. The van der Waals surface area contributed by atoms with Gasteiger partial charge in [-0.25, -0.2) is 0 Å². The van der Waals surface area contributed by atoms with Crippen LogP contribution >= 0.6 is 0 Å². The van der Waals surface area contributed by atoms with E-state index in [4.69, 9.17) is 11.5 Å². The number of nitrogens with two attached hydrogens (primary N) is 2. The molecule has 0 spiro atoms. The van der Waals surface area contributed by atoms with E-state index in [-0.39, 0.29) is 0 Å². The fraction of sp³-hybridized carbons (Fsp3) is 0.182. The van der Waals surface area contributed by atoms with Crippen molar-refractivity contribution >= 4 is 0 Å². The second kappa shape index (κ2) is 12.8. The van der Waals surface area contributed by atoms with Crippen LogP contribution < -0.4 is 11.5 Å². The summed E-state index contributed by atoms with van der Waals surface area (Å²) in [5.41, 5.74) is 15.6. The SMILES string of the molecule is C=C(C)/C=C\C(=C)C(=C)/C=C\C(=C)N.C=C/C(=C\C(=C)N)C(C)C. The summed E-state index contributed by atoms with van der Waals surface area (Å²) in [6.07, 6.45) is 10.9. The molecule has 0 atom stereocenters. The molecule has 0 fully saturated rings. The minimum absolute atomic E-state index is 0.470. The summed E-state index contributed by atoms with van der Waals surface area (Å²) in [6, 6.07) is 0. The summed E-state index contributed by atoms with van der Waals surface area (Å²) in [5.74, 6) is 0.470. The van der Waals surface area contributed by atoms with E-state index in [1.54, 1.807) is 12.2 Å². The molecule has 2 heteroatoms. The Morgan fingerprint density at radius 1 is 0.792 bits per heavy atom. The maximum absolute atomic E-state index is 5.39. The van der Waals surface area contributed by atoms with Gasteiger partial charge in [-0.05, 0) is 41.7 Å². The van der Waals surface area contributed by atoms with Gasteiger partial charge >= 0.3 is 0 Å². The van der Waals surface area contributed by atoms with Crippen LogP contribution in [-0.2, 0) is 0 Å². The average Bonchev–Trinajstić information content (AvgIpc) is 2.47. The van der Waals surface area contributed by atoms with Gasteiger partial charge < -0.3 is 11.5 Å². The second-order valence-corrected chi connectivity index (χ2v) is 5.72. The molecule has 0 saturated heterocycles. The van der Waals surface area contributed by atoms with Crippen molar-refractivity contribution in [3.05, 3.63) is 110 Å². The lowest BCUT2D eigenvalue weighted by Gasteiger charge is -2.04. The fourth-order valence-electron chi connectivity index (χ4n) is 1.34. The molecule has 0 aromatic carbocycles. The first-order chi connectivity index (χ1) is 11.0. The van der Waals surface area contributed by atoms with Crippen molar-refractivity contribution < 1.29 is 0 Å². The van der Waals surface area contributed by atoms with Gasteiger partial charge in [-0.15, -0.1) is 0 Å². The van der Waals surface area contributed by atoms with E-state index in [0.29, 0.717) is 17.3 Å². The molecule has 0 bridgehead atoms. The predicted molar refractivity (Wildman–Crippen MR) is 111 cm³/mol. The van der Waals surface area contributed by atoms with Gasteiger partial charge in [-0.3, -0.25) is 0 Å². The molecule has 130 valence electrons. The van der Waals surface area contributed by atoms with Crippen LogP contribution in [0.25, 0.3) is 0 Å². The molecule has 0 heterocycles. The standard InChI is InChI=1S/C13H17N.C9H15N/c1-10(2)6-7-11(3)12(4)8-9-13(5)14;1-5-9(7(2)3)6-8(4)10/h6-9H,1,3-5,14H2,2H3;5-7H,1,4,10H2,2-3H3/b7-6-,9-8-;9-6+. The zero-order valence-corrected chi connectivity index (χ0v) is 15.4. The Balaban J connectivity index is 0. The summed E-state index contributed by atoms with van der Waals surface area (Å²) >= 11 is 0. The van der Waals surface area contributed by atoms with Crippen molar-refractivity contribution in [2.45, 2.75) is 20.8 Å². The quantitative estimate of drug-likeness (QED) is 0.580. The van der Waals surface area contributed by atoms with Crippen LogP contribution in [0.2, 0.25) is 0 Å². The molecular weight excluding hydrogens is 292 g/mol. The topological polar surface area (TPSA) is 52.0 Å². The Morgan fingerprint density at radius 3 is 1.50 bits per heavy atom. The van der Waals surface area contributed by atoms with Gasteiger partial charge in [-0.1, -0.05) is 83.2 Å². The Hall–Kier alpha value is -2.74. The number of hydrogen-bond donors (Lipinski definition) is 2. The largest absolute Gasteiger partial charge is 0.399 e. The van der Waals surface area contributed by atoms with E-state index >= 15 is 0 Å². The molecule has 0 rings (SSSR count). The monoisotopic (exact) mass is 324 g/mol. The van der Waals surface area contributed by atoms with Gasteiger partial charge in [0.25, 0.3) is 0 Å². The smallest absolute Gasteiger partial charge is 0.0243 e. The second-order valence-electron chi connectivity index (χ2n) is 5.72. The lowest BCUT2D eigenvalue weighted by atomic mass is 10.0. The van der Waals surface area contributed by atoms with Gasteiger partial charge in [0.05, 0.1) is 0 Å². The first-order valence-corrected chi connectivity index (χ1v) is 7.63. The summed E-state index contributed by atoms with van der Waals surface area (Å²) in [6.45, 7) is 28.4. The zero-order valence-electron chi connectivity index (χ0n) is 15.4. The number of hydrogen-bond acceptors (Lipinski definition) is 2. The normalized spacial score (nSPS) is 11.1. The van der Waals surface area contributed by atoms with E-state index in [1.807, 2.05) is 31.2 Å². The molecule has 0 radical (unpaired) electrons. The van der Waals surface area contributed by atoms with Crippen molar-refractivity contribution in [1.29, 1.82) is 0 Å². The summed E-state index contributed by atoms with van der Waals surface area (Å²) < 4.78 is 0. The van der Waals surface area contributed by atoms with E-state index in [2.05, 4.69) is 53.3 Å². The lowest BCUT2D eigenvalue weighted by Crippen LogP contribution is -1.95.